The van der Waals surface area contributed by atoms with E-state index in [1.807, 2.05) is 18.4 Å². The molecule has 0 radical (unpaired) electrons. The van der Waals surface area contributed by atoms with Crippen LogP contribution in [-0.4, -0.2) is 29.8 Å². The van der Waals surface area contributed by atoms with Gasteiger partial charge in [0.1, 0.15) is 0 Å². The lowest BCUT2D eigenvalue weighted by molar-refractivity contribution is -0.147. The van der Waals surface area contributed by atoms with Gasteiger partial charge in [0.15, 0.2) is 0 Å². The van der Waals surface area contributed by atoms with Crippen LogP contribution in [0.2, 0.25) is 0 Å². The predicted octanol–water partition coefficient (Wildman–Crippen LogP) is 2.64. The molecule has 0 aliphatic rings. The van der Waals surface area contributed by atoms with E-state index in [0.29, 0.717) is 12.0 Å². The van der Waals surface area contributed by atoms with Gasteiger partial charge in [0, 0.05) is 11.4 Å². The Morgan fingerprint density at radius 2 is 2.00 bits per heavy atom. The van der Waals surface area contributed by atoms with Crippen LogP contribution in [0.15, 0.2) is 29.2 Å². The zero-order valence-electron chi connectivity index (χ0n) is 11.4. The van der Waals surface area contributed by atoms with E-state index in [1.165, 1.54) is 11.8 Å². The molecule has 5 heteroatoms. The summed E-state index contributed by atoms with van der Waals surface area (Å²) in [6.07, 6.45) is 2.37. The molecule has 104 valence electrons. The van der Waals surface area contributed by atoms with Crippen molar-refractivity contribution in [1.82, 2.24) is 5.32 Å². The Morgan fingerprint density at radius 3 is 2.53 bits per heavy atom. The second-order valence-corrected chi connectivity index (χ2v) is 5.45. The summed E-state index contributed by atoms with van der Waals surface area (Å²) in [4.78, 5) is 24.1. The molecular weight excluding hydrogens is 262 g/mol. The molecule has 0 aliphatic carbocycles. The van der Waals surface area contributed by atoms with E-state index in [-0.39, 0.29) is 12.5 Å². The number of amides is 1. The van der Waals surface area contributed by atoms with E-state index < -0.39 is 11.4 Å². The van der Waals surface area contributed by atoms with Gasteiger partial charge < -0.3 is 10.4 Å². The summed E-state index contributed by atoms with van der Waals surface area (Å²) in [7, 11) is 0. The van der Waals surface area contributed by atoms with Crippen molar-refractivity contribution in [3.63, 3.8) is 0 Å². The third-order valence-electron chi connectivity index (χ3n) is 3.29. The normalized spacial score (nSPS) is 13.6. The van der Waals surface area contributed by atoms with Gasteiger partial charge in [0.05, 0.1) is 11.0 Å². The van der Waals surface area contributed by atoms with Gasteiger partial charge >= 0.3 is 5.97 Å². The Kier molecular flexibility index (Phi) is 5.42. The molecule has 1 aromatic carbocycles. The highest BCUT2D eigenvalue weighted by atomic mass is 32.2. The minimum Gasteiger partial charge on any atom is -0.481 e. The molecule has 0 saturated carbocycles. The number of benzene rings is 1. The van der Waals surface area contributed by atoms with E-state index in [0.717, 1.165) is 4.90 Å². The van der Waals surface area contributed by atoms with Gasteiger partial charge in [-0.3, -0.25) is 9.59 Å². The standard InChI is InChI=1S/C14H19NO3S/c1-4-14(2,13(17)18)9-15-12(16)10-7-5-6-8-11(10)19-3/h5-8H,4,9H2,1-3H3,(H,15,16)(H,17,18). The number of rotatable bonds is 6. The highest BCUT2D eigenvalue weighted by molar-refractivity contribution is 7.98. The first-order valence-electron chi connectivity index (χ1n) is 6.09. The van der Waals surface area contributed by atoms with Crippen LogP contribution in [0.5, 0.6) is 0 Å². The third-order valence-corrected chi connectivity index (χ3v) is 4.08. The summed E-state index contributed by atoms with van der Waals surface area (Å²) in [6.45, 7) is 3.56. The van der Waals surface area contributed by atoms with E-state index in [9.17, 15) is 9.59 Å². The van der Waals surface area contributed by atoms with Gasteiger partial charge in [-0.2, -0.15) is 0 Å². The summed E-state index contributed by atoms with van der Waals surface area (Å²) in [5.74, 6) is -1.13. The first-order valence-corrected chi connectivity index (χ1v) is 7.31. The Labute approximate surface area is 117 Å². The first-order chi connectivity index (χ1) is 8.94. The molecule has 0 bridgehead atoms. The number of carboxylic acids is 1. The van der Waals surface area contributed by atoms with Crippen molar-refractivity contribution in [1.29, 1.82) is 0 Å². The summed E-state index contributed by atoms with van der Waals surface area (Å²) < 4.78 is 0. The van der Waals surface area contributed by atoms with Gasteiger partial charge in [0.25, 0.3) is 5.91 Å². The average molecular weight is 281 g/mol. The third kappa shape index (κ3) is 3.73. The molecule has 1 amide bonds. The van der Waals surface area contributed by atoms with Crippen LogP contribution < -0.4 is 5.32 Å². The lowest BCUT2D eigenvalue weighted by atomic mass is 9.87. The molecule has 1 atom stereocenters. The zero-order chi connectivity index (χ0) is 14.5. The van der Waals surface area contributed by atoms with Gasteiger partial charge in [-0.25, -0.2) is 0 Å². The lowest BCUT2D eigenvalue weighted by Crippen LogP contribution is -2.40. The summed E-state index contributed by atoms with van der Waals surface area (Å²) >= 11 is 1.49. The van der Waals surface area contributed by atoms with Gasteiger partial charge in [-0.15, -0.1) is 11.8 Å². The average Bonchev–Trinajstić information content (AvgIpc) is 2.43. The number of hydrogen-bond donors (Lipinski definition) is 2. The molecule has 4 nitrogen and oxygen atoms in total. The highest BCUT2D eigenvalue weighted by Gasteiger charge is 2.31. The minimum absolute atomic E-state index is 0.125. The van der Waals surface area contributed by atoms with E-state index in [1.54, 1.807) is 26.0 Å². The fourth-order valence-corrected chi connectivity index (χ4v) is 2.15. The van der Waals surface area contributed by atoms with Crippen LogP contribution in [0.3, 0.4) is 0 Å². The van der Waals surface area contributed by atoms with Crippen LogP contribution in [0.4, 0.5) is 0 Å². The van der Waals surface area contributed by atoms with E-state index >= 15 is 0 Å². The largest absolute Gasteiger partial charge is 0.481 e. The Bertz CT molecular complexity index is 476. The van der Waals surface area contributed by atoms with Crippen LogP contribution in [0, 0.1) is 5.41 Å². The molecule has 1 rings (SSSR count). The van der Waals surface area contributed by atoms with Crippen molar-refractivity contribution in [2.45, 2.75) is 25.2 Å². The molecule has 0 saturated heterocycles. The monoisotopic (exact) mass is 281 g/mol. The van der Waals surface area contributed by atoms with Crippen molar-refractivity contribution < 1.29 is 14.7 Å². The molecule has 0 aromatic heterocycles. The number of aliphatic carboxylic acids is 1. The number of carbonyl (C=O) groups excluding carboxylic acids is 1. The molecule has 0 heterocycles. The Morgan fingerprint density at radius 1 is 1.37 bits per heavy atom. The van der Waals surface area contributed by atoms with Gasteiger partial charge in [-0.1, -0.05) is 19.1 Å². The summed E-state index contributed by atoms with van der Waals surface area (Å²) in [6, 6.07) is 7.28. The number of hydrogen-bond acceptors (Lipinski definition) is 3. The number of carbonyl (C=O) groups is 2. The molecule has 0 fully saturated rings. The maximum atomic E-state index is 12.1. The fourth-order valence-electron chi connectivity index (χ4n) is 1.55. The van der Waals surface area contributed by atoms with Gasteiger partial charge in [-0.05, 0) is 31.7 Å². The maximum absolute atomic E-state index is 12.1. The highest BCUT2D eigenvalue weighted by Crippen LogP contribution is 2.22. The molecule has 2 N–H and O–H groups in total. The smallest absolute Gasteiger partial charge is 0.311 e. The minimum atomic E-state index is -0.927. The van der Waals surface area contributed by atoms with Crippen molar-refractivity contribution in [3.05, 3.63) is 29.8 Å². The fraction of sp³-hybridized carbons (Fsp3) is 0.429. The van der Waals surface area contributed by atoms with E-state index in [4.69, 9.17) is 5.11 Å². The molecular formula is C14H19NO3S. The van der Waals surface area contributed by atoms with Gasteiger partial charge in [0.2, 0.25) is 0 Å². The molecule has 1 aromatic rings. The Balaban J connectivity index is 2.78. The van der Waals surface area contributed by atoms with Crippen LogP contribution in [0.1, 0.15) is 30.6 Å². The second-order valence-electron chi connectivity index (χ2n) is 4.60. The van der Waals surface area contributed by atoms with Crippen molar-refractivity contribution in [2.75, 3.05) is 12.8 Å². The molecule has 19 heavy (non-hydrogen) atoms. The molecule has 1 unspecified atom stereocenters. The molecule has 0 spiro atoms. The predicted molar refractivity (Wildman–Crippen MR) is 76.6 cm³/mol. The summed E-state index contributed by atoms with van der Waals surface area (Å²) in [5, 5.41) is 11.9. The summed E-state index contributed by atoms with van der Waals surface area (Å²) in [5.41, 5.74) is -0.344. The zero-order valence-corrected chi connectivity index (χ0v) is 12.2. The second kappa shape index (κ2) is 6.61. The van der Waals surface area contributed by atoms with Crippen LogP contribution in [-0.2, 0) is 4.79 Å². The number of nitrogens with one attached hydrogen (secondary N) is 1. The van der Waals surface area contributed by atoms with Crippen LogP contribution in [0.25, 0.3) is 0 Å². The van der Waals surface area contributed by atoms with Crippen molar-refractivity contribution in [3.8, 4) is 0 Å². The van der Waals surface area contributed by atoms with E-state index in [2.05, 4.69) is 5.32 Å². The quantitative estimate of drug-likeness (QED) is 0.787. The Hall–Kier alpha value is -1.49. The van der Waals surface area contributed by atoms with Crippen LogP contribution >= 0.6 is 11.8 Å². The topological polar surface area (TPSA) is 66.4 Å². The van der Waals surface area contributed by atoms with Crippen molar-refractivity contribution in [2.24, 2.45) is 5.41 Å². The lowest BCUT2D eigenvalue weighted by Gasteiger charge is -2.23. The molecule has 0 aliphatic heterocycles. The first kappa shape index (κ1) is 15.6. The SMILES string of the molecule is CCC(C)(CNC(=O)c1ccccc1SC)C(=O)O. The van der Waals surface area contributed by atoms with Crippen molar-refractivity contribution >= 4 is 23.6 Å². The number of thioether (sulfide) groups is 1. The number of carboxylic acid groups (broad SMARTS) is 1. The maximum Gasteiger partial charge on any atom is 0.311 e.